The second-order valence-corrected chi connectivity index (χ2v) is 6.77. The van der Waals surface area contributed by atoms with Crippen molar-refractivity contribution in [3.8, 4) is 0 Å². The fourth-order valence-electron chi connectivity index (χ4n) is 3.68. The molecule has 1 nitrogen and oxygen atoms in total. The number of hydrogen-bond donors (Lipinski definition) is 0. The number of rotatable bonds is 7. The molecule has 0 unspecified atom stereocenters. The number of Topliss-reactive ketones (excluding diaryl/α,β-unsaturated/α-hetero) is 1. The maximum absolute atomic E-state index is 14.4. The topological polar surface area (TPSA) is 17.1 Å². The van der Waals surface area contributed by atoms with Crippen molar-refractivity contribution in [1.29, 1.82) is 0 Å². The number of benzene rings is 1. The van der Waals surface area contributed by atoms with Gasteiger partial charge in [-0.1, -0.05) is 45.2 Å². The molecule has 0 saturated heterocycles. The van der Waals surface area contributed by atoms with Crippen molar-refractivity contribution in [2.24, 2.45) is 5.92 Å². The van der Waals surface area contributed by atoms with Crippen LogP contribution in [0.25, 0.3) is 0 Å². The molecule has 1 saturated carbocycles. The van der Waals surface area contributed by atoms with E-state index in [9.17, 15) is 9.18 Å². The molecule has 0 N–H and O–H groups in total. The Bertz CT molecular complexity index is 486. The highest BCUT2D eigenvalue weighted by Crippen LogP contribution is 2.38. The van der Waals surface area contributed by atoms with E-state index in [-0.39, 0.29) is 11.6 Å². The van der Waals surface area contributed by atoms with Crippen molar-refractivity contribution in [1.82, 2.24) is 0 Å². The SMILES string of the molecule is CCCCC(=O)c1ccc(C2CCC(CCC)CC2)c(F)c1. The first-order valence-electron chi connectivity index (χ1n) is 8.98. The highest BCUT2D eigenvalue weighted by molar-refractivity contribution is 5.96. The van der Waals surface area contributed by atoms with Gasteiger partial charge >= 0.3 is 0 Å². The summed E-state index contributed by atoms with van der Waals surface area (Å²) in [5, 5.41) is 0. The van der Waals surface area contributed by atoms with Crippen LogP contribution in [0.3, 0.4) is 0 Å². The zero-order chi connectivity index (χ0) is 15.9. The van der Waals surface area contributed by atoms with Crippen LogP contribution in [0.1, 0.15) is 93.5 Å². The second-order valence-electron chi connectivity index (χ2n) is 6.77. The van der Waals surface area contributed by atoms with Gasteiger partial charge in [-0.3, -0.25) is 4.79 Å². The van der Waals surface area contributed by atoms with Crippen LogP contribution in [0.5, 0.6) is 0 Å². The Morgan fingerprint density at radius 2 is 1.86 bits per heavy atom. The van der Waals surface area contributed by atoms with Crippen molar-refractivity contribution in [2.75, 3.05) is 0 Å². The van der Waals surface area contributed by atoms with Crippen molar-refractivity contribution >= 4 is 5.78 Å². The van der Waals surface area contributed by atoms with Gasteiger partial charge in [0.25, 0.3) is 0 Å². The lowest BCUT2D eigenvalue weighted by Crippen LogP contribution is -2.14. The number of halogens is 1. The fourth-order valence-corrected chi connectivity index (χ4v) is 3.68. The summed E-state index contributed by atoms with van der Waals surface area (Å²) in [6.45, 7) is 4.30. The molecule has 1 fully saturated rings. The molecule has 0 amide bonds. The summed E-state index contributed by atoms with van der Waals surface area (Å²) < 4.78 is 14.4. The van der Waals surface area contributed by atoms with Crippen LogP contribution in [-0.2, 0) is 0 Å². The molecule has 0 aromatic heterocycles. The zero-order valence-corrected chi connectivity index (χ0v) is 14.0. The first-order chi connectivity index (χ1) is 10.7. The lowest BCUT2D eigenvalue weighted by Gasteiger charge is -2.29. The lowest BCUT2D eigenvalue weighted by atomic mass is 9.77. The third-order valence-corrected chi connectivity index (χ3v) is 5.06. The van der Waals surface area contributed by atoms with Gasteiger partial charge in [0, 0.05) is 12.0 Å². The molecule has 0 heterocycles. The largest absolute Gasteiger partial charge is 0.294 e. The van der Waals surface area contributed by atoms with E-state index in [0.717, 1.165) is 37.2 Å². The third kappa shape index (κ3) is 4.41. The molecule has 0 aliphatic heterocycles. The predicted octanol–water partition coefficient (Wildman–Crippen LogP) is 6.27. The van der Waals surface area contributed by atoms with Crippen molar-refractivity contribution < 1.29 is 9.18 Å². The molecule has 0 spiro atoms. The Labute approximate surface area is 134 Å². The van der Waals surface area contributed by atoms with Gasteiger partial charge in [0.2, 0.25) is 0 Å². The molecular weight excluding hydrogens is 275 g/mol. The van der Waals surface area contributed by atoms with Crippen LogP contribution in [0.15, 0.2) is 18.2 Å². The first-order valence-corrected chi connectivity index (χ1v) is 8.98. The minimum absolute atomic E-state index is 0.0685. The number of hydrogen-bond acceptors (Lipinski definition) is 1. The Hall–Kier alpha value is -1.18. The summed E-state index contributed by atoms with van der Waals surface area (Å²) >= 11 is 0. The smallest absolute Gasteiger partial charge is 0.162 e. The molecule has 1 aromatic rings. The normalized spacial score (nSPS) is 21.8. The Kier molecular flexibility index (Phi) is 6.60. The van der Waals surface area contributed by atoms with Gasteiger partial charge in [0.1, 0.15) is 5.82 Å². The molecule has 0 atom stereocenters. The highest BCUT2D eigenvalue weighted by Gasteiger charge is 2.24. The van der Waals surface area contributed by atoms with Gasteiger partial charge in [-0.05, 0) is 55.6 Å². The number of carbonyl (C=O) groups is 1. The molecule has 1 aromatic carbocycles. The van der Waals surface area contributed by atoms with Gasteiger partial charge in [-0.2, -0.15) is 0 Å². The minimum Gasteiger partial charge on any atom is -0.294 e. The predicted molar refractivity (Wildman–Crippen MR) is 89.9 cm³/mol. The molecule has 2 rings (SSSR count). The van der Waals surface area contributed by atoms with E-state index in [0.29, 0.717) is 17.9 Å². The van der Waals surface area contributed by atoms with E-state index in [4.69, 9.17) is 0 Å². The van der Waals surface area contributed by atoms with Gasteiger partial charge < -0.3 is 0 Å². The Morgan fingerprint density at radius 1 is 1.14 bits per heavy atom. The molecule has 2 heteroatoms. The quantitative estimate of drug-likeness (QED) is 0.542. The summed E-state index contributed by atoms with van der Waals surface area (Å²) in [5.41, 5.74) is 1.36. The van der Waals surface area contributed by atoms with Gasteiger partial charge in [-0.15, -0.1) is 0 Å². The van der Waals surface area contributed by atoms with E-state index in [2.05, 4.69) is 13.8 Å². The maximum Gasteiger partial charge on any atom is 0.162 e. The van der Waals surface area contributed by atoms with Crippen LogP contribution < -0.4 is 0 Å². The summed E-state index contributed by atoms with van der Waals surface area (Å²) in [4.78, 5) is 12.0. The standard InChI is InChI=1S/C20H29FO/c1-3-5-7-20(22)17-12-13-18(19(21)14-17)16-10-8-15(6-4-2)9-11-16/h12-16H,3-11H2,1-2H3. The van der Waals surface area contributed by atoms with Crippen LogP contribution >= 0.6 is 0 Å². The lowest BCUT2D eigenvalue weighted by molar-refractivity contribution is 0.0979. The van der Waals surface area contributed by atoms with E-state index in [1.165, 1.54) is 31.7 Å². The highest BCUT2D eigenvalue weighted by atomic mass is 19.1. The molecule has 122 valence electrons. The van der Waals surface area contributed by atoms with Crippen molar-refractivity contribution in [3.05, 3.63) is 35.1 Å². The average Bonchev–Trinajstić information content (AvgIpc) is 2.54. The summed E-state index contributed by atoms with van der Waals surface area (Å²) in [7, 11) is 0. The zero-order valence-electron chi connectivity index (χ0n) is 14.0. The number of ketones is 1. The van der Waals surface area contributed by atoms with E-state index >= 15 is 0 Å². The molecule has 0 radical (unpaired) electrons. The Balaban J connectivity index is 2.00. The van der Waals surface area contributed by atoms with Gasteiger partial charge in [-0.25, -0.2) is 4.39 Å². The second kappa shape index (κ2) is 8.45. The summed E-state index contributed by atoms with van der Waals surface area (Å²) in [5.74, 6) is 1.06. The van der Waals surface area contributed by atoms with E-state index in [1.54, 1.807) is 0 Å². The maximum atomic E-state index is 14.4. The fraction of sp³-hybridized carbons (Fsp3) is 0.650. The Morgan fingerprint density at radius 3 is 2.45 bits per heavy atom. The average molecular weight is 304 g/mol. The molecule has 1 aliphatic rings. The van der Waals surface area contributed by atoms with Crippen molar-refractivity contribution in [3.63, 3.8) is 0 Å². The summed E-state index contributed by atoms with van der Waals surface area (Å²) in [6.07, 6.45) is 9.56. The van der Waals surface area contributed by atoms with E-state index in [1.807, 2.05) is 12.1 Å². The van der Waals surface area contributed by atoms with Crippen LogP contribution in [0, 0.1) is 11.7 Å². The van der Waals surface area contributed by atoms with E-state index < -0.39 is 0 Å². The van der Waals surface area contributed by atoms with Gasteiger partial charge in [0.15, 0.2) is 5.78 Å². The molecule has 1 aliphatic carbocycles. The molecule has 22 heavy (non-hydrogen) atoms. The van der Waals surface area contributed by atoms with Gasteiger partial charge in [0.05, 0.1) is 0 Å². The van der Waals surface area contributed by atoms with Crippen molar-refractivity contribution in [2.45, 2.75) is 77.6 Å². The first kappa shape index (κ1) is 17.2. The van der Waals surface area contributed by atoms with Crippen LogP contribution in [-0.4, -0.2) is 5.78 Å². The number of carbonyl (C=O) groups excluding carboxylic acids is 1. The van der Waals surface area contributed by atoms with Crippen LogP contribution in [0.2, 0.25) is 0 Å². The van der Waals surface area contributed by atoms with Crippen LogP contribution in [0.4, 0.5) is 4.39 Å². The summed E-state index contributed by atoms with van der Waals surface area (Å²) in [6, 6.07) is 5.15. The minimum atomic E-state index is -0.179. The third-order valence-electron chi connectivity index (χ3n) is 5.06. The molecule has 0 bridgehead atoms. The molecular formula is C20H29FO. The monoisotopic (exact) mass is 304 g/mol. The number of unbranched alkanes of at least 4 members (excludes halogenated alkanes) is 1.